The molecule has 1 aliphatic heterocycles. The van der Waals surface area contributed by atoms with Gasteiger partial charge >= 0.3 is 0 Å². The monoisotopic (exact) mass is 254 g/mol. The maximum Gasteiger partial charge on any atom is 0.240 e. The van der Waals surface area contributed by atoms with Crippen molar-refractivity contribution in [3.8, 4) is 0 Å². The van der Waals surface area contributed by atoms with E-state index in [1.54, 1.807) is 12.1 Å². The van der Waals surface area contributed by atoms with Gasteiger partial charge < -0.3 is 5.32 Å². The highest BCUT2D eigenvalue weighted by Gasteiger charge is 2.19. The van der Waals surface area contributed by atoms with Crippen LogP contribution in [-0.2, 0) is 16.4 Å². The molecule has 0 saturated heterocycles. The van der Waals surface area contributed by atoms with Crippen LogP contribution in [0, 0.1) is 0 Å². The molecule has 0 bridgehead atoms. The van der Waals surface area contributed by atoms with Crippen LogP contribution >= 0.6 is 0 Å². The Morgan fingerprint density at radius 3 is 2.94 bits per heavy atom. The van der Waals surface area contributed by atoms with Crippen molar-refractivity contribution < 1.29 is 8.42 Å². The number of fused-ring (bicyclic) bond motifs is 1. The van der Waals surface area contributed by atoms with E-state index in [-0.39, 0.29) is 6.04 Å². The molecule has 17 heavy (non-hydrogen) atoms. The molecule has 0 radical (unpaired) electrons. The highest BCUT2D eigenvalue weighted by molar-refractivity contribution is 7.89. The molecular formula is C12H18N2O2S. The Morgan fingerprint density at radius 2 is 2.24 bits per heavy atom. The molecule has 0 fully saturated rings. The van der Waals surface area contributed by atoms with E-state index in [0.29, 0.717) is 4.90 Å². The third-order valence-electron chi connectivity index (χ3n) is 3.07. The van der Waals surface area contributed by atoms with Gasteiger partial charge in [-0.3, -0.25) is 0 Å². The fraction of sp³-hybridized carbons (Fsp3) is 0.500. The van der Waals surface area contributed by atoms with E-state index >= 15 is 0 Å². The molecule has 0 amide bonds. The van der Waals surface area contributed by atoms with Gasteiger partial charge in [0.15, 0.2) is 0 Å². The van der Waals surface area contributed by atoms with Crippen LogP contribution in [0.25, 0.3) is 0 Å². The lowest BCUT2D eigenvalue weighted by Gasteiger charge is -2.12. The Hall–Kier alpha value is -1.07. The average Bonchev–Trinajstić information content (AvgIpc) is 2.75. The zero-order valence-electron chi connectivity index (χ0n) is 10.2. The number of rotatable bonds is 4. The minimum Gasteiger partial charge on any atom is -0.384 e. The van der Waals surface area contributed by atoms with Crippen LogP contribution in [-0.4, -0.2) is 21.0 Å². The molecule has 1 atom stereocenters. The Morgan fingerprint density at radius 1 is 1.47 bits per heavy atom. The minimum atomic E-state index is -3.37. The number of hydrogen-bond acceptors (Lipinski definition) is 3. The summed E-state index contributed by atoms with van der Waals surface area (Å²) in [5.41, 5.74) is 2.13. The number of benzene rings is 1. The quantitative estimate of drug-likeness (QED) is 0.860. The molecule has 1 aromatic carbocycles. The Labute approximate surface area is 102 Å². The summed E-state index contributed by atoms with van der Waals surface area (Å²) in [6.45, 7) is 4.71. The molecule has 1 aliphatic rings. The van der Waals surface area contributed by atoms with Gasteiger partial charge in [0.2, 0.25) is 10.0 Å². The van der Waals surface area contributed by atoms with Crippen molar-refractivity contribution in [3.63, 3.8) is 0 Å². The molecule has 2 N–H and O–H groups in total. The zero-order chi connectivity index (χ0) is 12.5. The molecular weight excluding hydrogens is 236 g/mol. The van der Waals surface area contributed by atoms with Crippen molar-refractivity contribution in [2.24, 2.45) is 0 Å². The third-order valence-corrected chi connectivity index (χ3v) is 4.65. The first-order valence-corrected chi connectivity index (χ1v) is 7.40. The lowest BCUT2D eigenvalue weighted by atomic mass is 10.2. The van der Waals surface area contributed by atoms with Gasteiger partial charge in [-0.1, -0.05) is 6.92 Å². The predicted molar refractivity (Wildman–Crippen MR) is 68.7 cm³/mol. The Kier molecular flexibility index (Phi) is 3.40. The maximum absolute atomic E-state index is 12.1. The van der Waals surface area contributed by atoms with Crippen LogP contribution in [0.2, 0.25) is 0 Å². The van der Waals surface area contributed by atoms with Gasteiger partial charge in [0.05, 0.1) is 4.90 Å². The highest BCUT2D eigenvalue weighted by atomic mass is 32.2. The Bertz CT molecular complexity index is 511. The van der Waals surface area contributed by atoms with Crippen molar-refractivity contribution in [3.05, 3.63) is 23.8 Å². The normalized spacial score (nSPS) is 16.4. The number of sulfonamides is 1. The van der Waals surface area contributed by atoms with Crippen LogP contribution in [0.5, 0.6) is 0 Å². The summed E-state index contributed by atoms with van der Waals surface area (Å²) in [5.74, 6) is 0. The first-order chi connectivity index (χ1) is 8.03. The number of nitrogens with one attached hydrogen (secondary N) is 2. The van der Waals surface area contributed by atoms with Crippen LogP contribution in [0.1, 0.15) is 25.8 Å². The molecule has 0 spiro atoms. The zero-order valence-corrected chi connectivity index (χ0v) is 11.0. The molecule has 4 nitrogen and oxygen atoms in total. The summed E-state index contributed by atoms with van der Waals surface area (Å²) in [4.78, 5) is 0.361. The van der Waals surface area contributed by atoms with Gasteiger partial charge in [-0.15, -0.1) is 0 Å². The van der Waals surface area contributed by atoms with Crippen LogP contribution in [0.4, 0.5) is 5.69 Å². The van der Waals surface area contributed by atoms with Crippen molar-refractivity contribution in [1.82, 2.24) is 4.72 Å². The van der Waals surface area contributed by atoms with E-state index in [9.17, 15) is 8.42 Å². The molecule has 5 heteroatoms. The summed E-state index contributed by atoms with van der Waals surface area (Å²) >= 11 is 0. The molecule has 94 valence electrons. The number of anilines is 1. The summed E-state index contributed by atoms with van der Waals surface area (Å²) in [6, 6.07) is 5.22. The van der Waals surface area contributed by atoms with Gasteiger partial charge in [-0.05, 0) is 43.5 Å². The maximum atomic E-state index is 12.1. The standard InChI is InChI=1S/C12H18N2O2S/c1-3-9(2)14-17(15,16)11-4-5-12-10(8-11)6-7-13-12/h4-5,8-9,13-14H,3,6-7H2,1-2H3/t9-/m1/s1. The van der Waals surface area contributed by atoms with Crippen molar-refractivity contribution in [1.29, 1.82) is 0 Å². The van der Waals surface area contributed by atoms with E-state index < -0.39 is 10.0 Å². The fourth-order valence-corrected chi connectivity index (χ4v) is 3.24. The first-order valence-electron chi connectivity index (χ1n) is 5.92. The fourth-order valence-electron chi connectivity index (χ4n) is 1.86. The van der Waals surface area contributed by atoms with Crippen molar-refractivity contribution >= 4 is 15.7 Å². The van der Waals surface area contributed by atoms with E-state index in [1.165, 1.54) is 0 Å². The first kappa shape index (κ1) is 12.4. The average molecular weight is 254 g/mol. The predicted octanol–water partition coefficient (Wildman–Crippen LogP) is 1.73. The summed E-state index contributed by atoms with van der Waals surface area (Å²) in [5, 5.41) is 3.22. The molecule has 0 saturated carbocycles. The second-order valence-electron chi connectivity index (χ2n) is 4.43. The van der Waals surface area contributed by atoms with Gasteiger partial charge in [-0.2, -0.15) is 0 Å². The van der Waals surface area contributed by atoms with Crippen LogP contribution in [0.15, 0.2) is 23.1 Å². The summed E-state index contributed by atoms with van der Waals surface area (Å²) < 4.78 is 26.8. The molecule has 0 aromatic heterocycles. The lowest BCUT2D eigenvalue weighted by Crippen LogP contribution is -2.32. The van der Waals surface area contributed by atoms with Gasteiger partial charge in [0.1, 0.15) is 0 Å². The van der Waals surface area contributed by atoms with Crippen LogP contribution < -0.4 is 10.0 Å². The van der Waals surface area contributed by atoms with E-state index in [4.69, 9.17) is 0 Å². The van der Waals surface area contributed by atoms with Gasteiger partial charge in [0.25, 0.3) is 0 Å². The third kappa shape index (κ3) is 2.61. The molecule has 1 aromatic rings. The highest BCUT2D eigenvalue weighted by Crippen LogP contribution is 2.25. The van der Waals surface area contributed by atoms with Gasteiger partial charge in [-0.25, -0.2) is 13.1 Å². The second kappa shape index (κ2) is 4.66. The van der Waals surface area contributed by atoms with Gasteiger partial charge in [0, 0.05) is 18.3 Å². The van der Waals surface area contributed by atoms with E-state index in [2.05, 4.69) is 10.0 Å². The topological polar surface area (TPSA) is 58.2 Å². The summed E-state index contributed by atoms with van der Waals surface area (Å²) in [6.07, 6.45) is 1.67. The van der Waals surface area contributed by atoms with Crippen molar-refractivity contribution in [2.45, 2.75) is 37.6 Å². The molecule has 1 heterocycles. The van der Waals surface area contributed by atoms with Crippen molar-refractivity contribution in [2.75, 3.05) is 11.9 Å². The Balaban J connectivity index is 2.28. The second-order valence-corrected chi connectivity index (χ2v) is 6.14. The van der Waals surface area contributed by atoms with E-state index in [1.807, 2.05) is 19.9 Å². The largest absolute Gasteiger partial charge is 0.384 e. The summed E-state index contributed by atoms with van der Waals surface area (Å²) in [7, 11) is -3.37. The molecule has 0 unspecified atom stereocenters. The van der Waals surface area contributed by atoms with Crippen LogP contribution in [0.3, 0.4) is 0 Å². The minimum absolute atomic E-state index is 0.0358. The molecule has 2 rings (SSSR count). The smallest absolute Gasteiger partial charge is 0.240 e. The number of hydrogen-bond donors (Lipinski definition) is 2. The molecule has 0 aliphatic carbocycles. The lowest BCUT2D eigenvalue weighted by molar-refractivity contribution is 0.556. The SMILES string of the molecule is CC[C@@H](C)NS(=O)(=O)c1ccc2c(c1)CCN2. The van der Waals surface area contributed by atoms with E-state index in [0.717, 1.165) is 30.6 Å².